The Labute approximate surface area is 113 Å². The van der Waals surface area contributed by atoms with Gasteiger partial charge in [0.15, 0.2) is 0 Å². The second-order valence-electron chi connectivity index (χ2n) is 4.16. The van der Waals surface area contributed by atoms with Gasteiger partial charge in [-0.05, 0) is 26.0 Å². The van der Waals surface area contributed by atoms with Crippen LogP contribution in [0.5, 0.6) is 5.75 Å². The lowest BCUT2D eigenvalue weighted by atomic mass is 10.1. The van der Waals surface area contributed by atoms with Crippen molar-refractivity contribution in [2.24, 2.45) is 0 Å². The van der Waals surface area contributed by atoms with Crippen molar-refractivity contribution in [3.8, 4) is 5.75 Å². The van der Waals surface area contributed by atoms with E-state index in [1.165, 1.54) is 23.5 Å². The number of nitrogens with one attached hydrogen (secondary N) is 1. The number of amides is 1. The van der Waals surface area contributed by atoms with E-state index < -0.39 is 11.7 Å². The molecule has 1 aromatic heterocycles. The average Bonchev–Trinajstić information content (AvgIpc) is 2.75. The number of aromatic hydroxyl groups is 1. The quantitative estimate of drug-likeness (QED) is 0.908. The predicted octanol–water partition coefficient (Wildman–Crippen LogP) is 2.79. The Balaban J connectivity index is 2.17. The molecule has 2 aromatic rings. The fourth-order valence-corrected chi connectivity index (χ4v) is 2.44. The van der Waals surface area contributed by atoms with Crippen LogP contribution in [0.3, 0.4) is 0 Å². The minimum atomic E-state index is -0.750. The first-order valence-electron chi connectivity index (χ1n) is 5.69. The fourth-order valence-electron chi connectivity index (χ4n) is 1.64. The van der Waals surface area contributed by atoms with E-state index >= 15 is 0 Å². The second kappa shape index (κ2) is 5.36. The summed E-state index contributed by atoms with van der Waals surface area (Å²) in [6.07, 6.45) is 0. The summed E-state index contributed by atoms with van der Waals surface area (Å²) in [5.74, 6) is -1.78. The van der Waals surface area contributed by atoms with E-state index in [1.54, 1.807) is 6.92 Å². The highest BCUT2D eigenvalue weighted by Crippen LogP contribution is 2.22. The number of phenols is 1. The van der Waals surface area contributed by atoms with Crippen molar-refractivity contribution in [2.45, 2.75) is 19.9 Å². The molecule has 100 valence electrons. The van der Waals surface area contributed by atoms with E-state index in [1.807, 2.05) is 12.3 Å². The van der Waals surface area contributed by atoms with Crippen LogP contribution < -0.4 is 5.32 Å². The van der Waals surface area contributed by atoms with Crippen molar-refractivity contribution in [1.29, 1.82) is 0 Å². The molecule has 0 aliphatic heterocycles. The molecule has 1 heterocycles. The van der Waals surface area contributed by atoms with Gasteiger partial charge in [0.25, 0.3) is 5.91 Å². The largest absolute Gasteiger partial charge is 0.507 e. The number of aromatic nitrogens is 1. The molecular formula is C13H13FN2O2S. The number of benzene rings is 1. The Bertz CT molecular complexity index is 592. The minimum absolute atomic E-state index is 0.342. The predicted molar refractivity (Wildman–Crippen MR) is 70.8 cm³/mol. The Kier molecular flexibility index (Phi) is 3.80. The first kappa shape index (κ1) is 13.5. The maximum absolute atomic E-state index is 13.5. The smallest absolute Gasteiger partial charge is 0.258 e. The molecule has 0 aliphatic carbocycles. The van der Waals surface area contributed by atoms with Crippen molar-refractivity contribution in [3.05, 3.63) is 45.7 Å². The highest BCUT2D eigenvalue weighted by atomic mass is 32.1. The van der Waals surface area contributed by atoms with Crippen LogP contribution in [0.15, 0.2) is 23.6 Å². The summed E-state index contributed by atoms with van der Waals surface area (Å²) in [4.78, 5) is 16.2. The van der Waals surface area contributed by atoms with Crippen molar-refractivity contribution in [1.82, 2.24) is 10.3 Å². The molecule has 2 N–H and O–H groups in total. The summed E-state index contributed by atoms with van der Waals surface area (Å²) in [6, 6.07) is 3.41. The fraction of sp³-hybridized carbons (Fsp3) is 0.231. The number of hydrogen-bond donors (Lipinski definition) is 2. The summed E-state index contributed by atoms with van der Waals surface area (Å²) < 4.78 is 13.5. The Morgan fingerprint density at radius 1 is 1.53 bits per heavy atom. The zero-order chi connectivity index (χ0) is 14.0. The van der Waals surface area contributed by atoms with Gasteiger partial charge in [0, 0.05) is 11.1 Å². The van der Waals surface area contributed by atoms with Gasteiger partial charge in [-0.3, -0.25) is 4.79 Å². The maximum atomic E-state index is 13.5. The van der Waals surface area contributed by atoms with Crippen LogP contribution in [-0.4, -0.2) is 16.0 Å². The molecule has 0 saturated heterocycles. The topological polar surface area (TPSA) is 62.2 Å². The van der Waals surface area contributed by atoms with Crippen LogP contribution in [0.4, 0.5) is 4.39 Å². The maximum Gasteiger partial charge on any atom is 0.258 e. The molecule has 0 aliphatic rings. The zero-order valence-corrected chi connectivity index (χ0v) is 11.3. The zero-order valence-electron chi connectivity index (χ0n) is 10.5. The first-order chi connectivity index (χ1) is 8.99. The summed E-state index contributed by atoms with van der Waals surface area (Å²) >= 11 is 1.42. The number of halogens is 1. The number of thiazole rings is 1. The van der Waals surface area contributed by atoms with E-state index in [9.17, 15) is 14.3 Å². The van der Waals surface area contributed by atoms with Gasteiger partial charge < -0.3 is 10.4 Å². The number of hydrogen-bond acceptors (Lipinski definition) is 4. The van der Waals surface area contributed by atoms with Gasteiger partial charge in [0.1, 0.15) is 22.1 Å². The normalized spacial score (nSPS) is 12.2. The van der Waals surface area contributed by atoms with Gasteiger partial charge in [0.2, 0.25) is 0 Å². The van der Waals surface area contributed by atoms with E-state index in [2.05, 4.69) is 10.3 Å². The van der Waals surface area contributed by atoms with Crippen LogP contribution in [0, 0.1) is 12.7 Å². The molecule has 1 aromatic carbocycles. The van der Waals surface area contributed by atoms with Crippen LogP contribution in [0.1, 0.15) is 34.0 Å². The van der Waals surface area contributed by atoms with Gasteiger partial charge in [0.05, 0.1) is 6.04 Å². The third kappa shape index (κ3) is 2.90. The molecule has 1 amide bonds. The number of nitrogens with zero attached hydrogens (tertiary/aromatic N) is 1. The van der Waals surface area contributed by atoms with Crippen molar-refractivity contribution in [2.75, 3.05) is 0 Å². The highest BCUT2D eigenvalue weighted by Gasteiger charge is 2.19. The molecule has 19 heavy (non-hydrogen) atoms. The minimum Gasteiger partial charge on any atom is -0.507 e. The third-order valence-corrected chi connectivity index (χ3v) is 3.72. The summed E-state index contributed by atoms with van der Waals surface area (Å²) in [5.41, 5.74) is 0.525. The number of phenolic OH excluding ortho intramolecular Hbond substituents is 1. The average molecular weight is 280 g/mol. The van der Waals surface area contributed by atoms with Gasteiger partial charge in [-0.1, -0.05) is 6.07 Å². The van der Waals surface area contributed by atoms with Crippen LogP contribution in [0.2, 0.25) is 0 Å². The van der Waals surface area contributed by atoms with Crippen molar-refractivity contribution < 1.29 is 14.3 Å². The standard InChI is InChI=1S/C13H13FN2O2S/c1-7-6-19-13(15-7)8(2)16-12(18)11-9(14)4-3-5-10(11)17/h3-6,8,17H,1-2H3,(H,16,18). The Hall–Kier alpha value is -1.95. The molecule has 0 saturated carbocycles. The number of carbonyl (C=O) groups excluding carboxylic acids is 1. The van der Waals surface area contributed by atoms with Gasteiger partial charge in [-0.15, -0.1) is 11.3 Å². The molecule has 1 atom stereocenters. The SMILES string of the molecule is Cc1csc(C(C)NC(=O)c2c(O)cccc2F)n1. The van der Waals surface area contributed by atoms with Gasteiger partial charge >= 0.3 is 0 Å². The van der Waals surface area contributed by atoms with Crippen LogP contribution in [0.25, 0.3) is 0 Å². The molecule has 0 radical (unpaired) electrons. The summed E-state index contributed by atoms with van der Waals surface area (Å²) in [5, 5.41) is 14.8. The summed E-state index contributed by atoms with van der Waals surface area (Å²) in [6.45, 7) is 3.62. The Morgan fingerprint density at radius 3 is 2.84 bits per heavy atom. The van der Waals surface area contributed by atoms with Gasteiger partial charge in [-0.25, -0.2) is 9.37 Å². The number of carbonyl (C=O) groups is 1. The first-order valence-corrected chi connectivity index (χ1v) is 6.57. The molecule has 4 nitrogen and oxygen atoms in total. The molecule has 0 spiro atoms. The van der Waals surface area contributed by atoms with E-state index in [0.29, 0.717) is 0 Å². The molecule has 0 fully saturated rings. The number of aryl methyl sites for hydroxylation is 1. The molecule has 1 unspecified atom stereocenters. The number of rotatable bonds is 3. The lowest BCUT2D eigenvalue weighted by Crippen LogP contribution is -2.27. The van der Waals surface area contributed by atoms with E-state index in [0.717, 1.165) is 16.8 Å². The third-order valence-electron chi connectivity index (χ3n) is 2.57. The summed E-state index contributed by atoms with van der Waals surface area (Å²) in [7, 11) is 0. The molecular weight excluding hydrogens is 267 g/mol. The van der Waals surface area contributed by atoms with Crippen LogP contribution in [-0.2, 0) is 0 Å². The molecule has 6 heteroatoms. The van der Waals surface area contributed by atoms with Crippen molar-refractivity contribution >= 4 is 17.2 Å². The highest BCUT2D eigenvalue weighted by molar-refractivity contribution is 7.09. The van der Waals surface area contributed by atoms with E-state index in [4.69, 9.17) is 0 Å². The monoisotopic (exact) mass is 280 g/mol. The van der Waals surface area contributed by atoms with Gasteiger partial charge in [-0.2, -0.15) is 0 Å². The molecule has 2 rings (SSSR count). The second-order valence-corrected chi connectivity index (χ2v) is 5.05. The van der Waals surface area contributed by atoms with E-state index in [-0.39, 0.29) is 17.4 Å². The Morgan fingerprint density at radius 2 is 2.26 bits per heavy atom. The lowest BCUT2D eigenvalue weighted by molar-refractivity contribution is 0.0933. The lowest BCUT2D eigenvalue weighted by Gasteiger charge is -2.12. The molecule has 0 bridgehead atoms. The van der Waals surface area contributed by atoms with Crippen LogP contribution >= 0.6 is 11.3 Å². The van der Waals surface area contributed by atoms with Crippen molar-refractivity contribution in [3.63, 3.8) is 0 Å².